The monoisotopic (exact) mass is 993 g/mol. The fraction of sp³-hybridized carbons (Fsp3) is 0.780. The highest BCUT2D eigenvalue weighted by molar-refractivity contribution is 7.80. The number of methoxy groups -OCH3 is 1. The quantitative estimate of drug-likeness (QED) is 0.0861. The third-order valence-corrected chi connectivity index (χ3v) is 15.1. The van der Waals surface area contributed by atoms with Crippen LogP contribution in [0.1, 0.15) is 101 Å². The highest BCUT2D eigenvalue weighted by atomic mass is 32.1. The minimum Gasteiger partial charge on any atom is -0.459 e. The van der Waals surface area contributed by atoms with Gasteiger partial charge >= 0.3 is 5.97 Å². The van der Waals surface area contributed by atoms with Gasteiger partial charge in [0.15, 0.2) is 17.7 Å². The fourth-order valence-corrected chi connectivity index (χ4v) is 10.9. The van der Waals surface area contributed by atoms with Crippen LogP contribution < -0.4 is 10.6 Å². The van der Waals surface area contributed by atoms with Gasteiger partial charge in [0, 0.05) is 69.2 Å². The van der Waals surface area contributed by atoms with E-state index in [0.717, 1.165) is 11.4 Å². The minimum atomic E-state index is -1.90. The van der Waals surface area contributed by atoms with Crippen molar-refractivity contribution in [2.45, 2.75) is 192 Å². The molecule has 0 radical (unpaired) electrons. The number of hydrogen-bond acceptors (Lipinski definition) is 16. The van der Waals surface area contributed by atoms with Crippen molar-refractivity contribution in [2.24, 2.45) is 17.8 Å². The first-order chi connectivity index (χ1) is 32.3. The summed E-state index contributed by atoms with van der Waals surface area (Å²) in [6.45, 7) is 19.0. The van der Waals surface area contributed by atoms with E-state index in [-0.39, 0.29) is 37.3 Å². The molecule has 0 spiro atoms. The molecule has 0 saturated carbocycles. The van der Waals surface area contributed by atoms with E-state index in [2.05, 4.69) is 20.6 Å². The number of cyclic esters (lactones) is 1. The van der Waals surface area contributed by atoms with Crippen LogP contribution in [0.4, 0.5) is 5.69 Å². The number of aliphatic hydroxyl groups is 5. The molecule has 1 aromatic heterocycles. The van der Waals surface area contributed by atoms with E-state index in [1.807, 2.05) is 83.2 Å². The van der Waals surface area contributed by atoms with Crippen molar-refractivity contribution in [3.63, 3.8) is 0 Å². The number of carbonyl (C=O) groups excluding carboxylic acids is 1. The van der Waals surface area contributed by atoms with Crippen LogP contribution in [0.15, 0.2) is 42.7 Å². The zero-order valence-corrected chi connectivity index (χ0v) is 44.0. The Morgan fingerprint density at radius 3 is 2.28 bits per heavy atom. The van der Waals surface area contributed by atoms with Crippen molar-refractivity contribution in [1.82, 2.24) is 24.9 Å². The molecule has 392 valence electrons. The summed E-state index contributed by atoms with van der Waals surface area (Å²) in [6, 6.07) is 8.63. The number of carbonyl (C=O) groups is 1. The van der Waals surface area contributed by atoms with Gasteiger partial charge in [-0.15, -0.1) is 0 Å². The highest BCUT2D eigenvalue weighted by Gasteiger charge is 2.53. The maximum Gasteiger partial charge on any atom is 0.311 e. The maximum atomic E-state index is 14.6. The molecule has 3 saturated heterocycles. The number of hydrogen-bond donors (Lipinski definition) is 7. The normalized spacial score (nSPS) is 40.1. The molecular formula is C50H84N6O12S. The molecule has 2 aromatic rings. The van der Waals surface area contributed by atoms with Crippen LogP contribution in [0, 0.1) is 17.8 Å². The SMILES string of the molecule is CC[C@H]1OC(=O)[C@H](C)[C@@H](O[C@H]2C[C@@](C)(OC)[C@@H](O)[C@H](C)O2)[C@H](C)[C@@H](O[C@@H]2O[C@H](C)C[C@H](N(C)C)[C@H]2O)[C@](C)(O)C[C@@H](C)CN(CCCNC(=S)Nc2ccc(-n3cccn3)cc2)[C@H](C)[C@@H](O)[C@]1(C)O. The molecule has 0 amide bonds. The number of nitrogens with zero attached hydrogens (tertiary/aromatic N) is 4. The molecule has 3 aliphatic rings. The highest BCUT2D eigenvalue weighted by Crippen LogP contribution is 2.40. The van der Waals surface area contributed by atoms with Crippen LogP contribution in [0.5, 0.6) is 0 Å². The molecule has 0 bridgehead atoms. The molecule has 18 atom stereocenters. The summed E-state index contributed by atoms with van der Waals surface area (Å²) >= 11 is 5.64. The second-order valence-electron chi connectivity index (χ2n) is 21.0. The molecule has 3 aliphatic heterocycles. The Balaban J connectivity index is 1.45. The zero-order valence-electron chi connectivity index (χ0n) is 43.1. The van der Waals surface area contributed by atoms with E-state index in [0.29, 0.717) is 37.6 Å². The van der Waals surface area contributed by atoms with Gasteiger partial charge in [-0.05, 0) is 137 Å². The first-order valence-electron chi connectivity index (χ1n) is 24.7. The minimum absolute atomic E-state index is 0.108. The largest absolute Gasteiger partial charge is 0.459 e. The van der Waals surface area contributed by atoms with E-state index >= 15 is 0 Å². The number of nitrogens with one attached hydrogen (secondary N) is 2. The summed E-state index contributed by atoms with van der Waals surface area (Å²) in [5.74, 6) is -2.81. The van der Waals surface area contributed by atoms with E-state index in [1.54, 1.807) is 45.5 Å². The Morgan fingerprint density at radius 2 is 1.67 bits per heavy atom. The average Bonchev–Trinajstić information content (AvgIpc) is 3.84. The van der Waals surface area contributed by atoms with Crippen LogP contribution in [0.25, 0.3) is 5.69 Å². The molecule has 0 aliphatic carbocycles. The predicted octanol–water partition coefficient (Wildman–Crippen LogP) is 3.83. The van der Waals surface area contributed by atoms with Crippen molar-refractivity contribution in [2.75, 3.05) is 46.2 Å². The van der Waals surface area contributed by atoms with Gasteiger partial charge < -0.3 is 69.5 Å². The molecule has 0 unspecified atom stereocenters. The summed E-state index contributed by atoms with van der Waals surface area (Å²) in [4.78, 5) is 18.6. The van der Waals surface area contributed by atoms with E-state index in [4.69, 9.17) is 40.6 Å². The Hall–Kier alpha value is -2.89. The van der Waals surface area contributed by atoms with E-state index in [1.165, 1.54) is 14.0 Å². The van der Waals surface area contributed by atoms with Gasteiger partial charge in [-0.3, -0.25) is 9.69 Å². The van der Waals surface area contributed by atoms with Gasteiger partial charge in [-0.2, -0.15) is 5.10 Å². The third-order valence-electron chi connectivity index (χ3n) is 14.8. The smallest absolute Gasteiger partial charge is 0.311 e. The second kappa shape index (κ2) is 24.2. The number of rotatable bonds is 13. The molecule has 7 N–H and O–H groups in total. The zero-order chi connectivity index (χ0) is 51.2. The number of aliphatic hydroxyl groups excluding tert-OH is 3. The van der Waals surface area contributed by atoms with Crippen molar-refractivity contribution in [3.05, 3.63) is 42.7 Å². The Kier molecular flexibility index (Phi) is 20.0. The summed E-state index contributed by atoms with van der Waals surface area (Å²) in [6.07, 6.45) is -4.66. The summed E-state index contributed by atoms with van der Waals surface area (Å²) in [5, 5.41) is 71.3. The number of aromatic nitrogens is 2. The Bertz CT molecular complexity index is 1910. The van der Waals surface area contributed by atoms with Crippen LogP contribution >= 0.6 is 12.2 Å². The molecule has 69 heavy (non-hydrogen) atoms. The molecular weight excluding hydrogens is 909 g/mol. The summed E-state index contributed by atoms with van der Waals surface area (Å²) in [5.41, 5.74) is -2.86. The maximum absolute atomic E-state index is 14.6. The first kappa shape index (κ1) is 57.0. The van der Waals surface area contributed by atoms with Crippen LogP contribution in [0.2, 0.25) is 0 Å². The molecule has 18 nitrogen and oxygen atoms in total. The average molecular weight is 993 g/mol. The molecule has 1 aromatic carbocycles. The van der Waals surface area contributed by atoms with Crippen molar-refractivity contribution in [3.8, 4) is 5.69 Å². The predicted molar refractivity (Wildman–Crippen MR) is 266 cm³/mol. The summed E-state index contributed by atoms with van der Waals surface area (Å²) < 4.78 is 39.9. The van der Waals surface area contributed by atoms with Gasteiger partial charge in [0.1, 0.15) is 30.0 Å². The second-order valence-corrected chi connectivity index (χ2v) is 21.4. The molecule has 5 rings (SSSR count). The van der Waals surface area contributed by atoms with Gasteiger partial charge in [-0.1, -0.05) is 20.8 Å². The number of anilines is 1. The molecule has 3 fully saturated rings. The van der Waals surface area contributed by atoms with Gasteiger partial charge in [0.2, 0.25) is 0 Å². The van der Waals surface area contributed by atoms with Crippen molar-refractivity contribution < 1.29 is 58.7 Å². The van der Waals surface area contributed by atoms with Gasteiger partial charge in [-0.25, -0.2) is 4.68 Å². The number of ether oxygens (including phenoxy) is 6. The Labute approximate surface area is 415 Å². The van der Waals surface area contributed by atoms with Crippen LogP contribution in [-0.2, 0) is 33.2 Å². The summed E-state index contributed by atoms with van der Waals surface area (Å²) in [7, 11) is 5.28. The van der Waals surface area contributed by atoms with Crippen molar-refractivity contribution in [1.29, 1.82) is 0 Å². The lowest BCUT2D eigenvalue weighted by Crippen LogP contribution is -2.60. The van der Waals surface area contributed by atoms with E-state index in [9.17, 15) is 30.3 Å². The standard InChI is InChI=1S/C50H84N6O12S/c1-14-38-50(10,62)42(58)33(6)55(23-15-21-51-47(69)53-35-17-19-36(20-18-35)56-24-16-22-52-56)28-29(2)26-48(8,61)44(68-46-40(57)37(54(11)12)25-30(3)64-46)31(4)41(32(5)45(60)66-38)67-39-27-49(9,63-13)43(59)34(7)65-39/h16-20,22,24,29-34,37-44,46,57-59,61-62H,14-15,21,23,25-28H2,1-13H3,(H2,51,53,69)/t29-,30-,31+,32-,33-,34+,37+,38-,39+,40-,41+,42-,43+,44-,46+,48-,49-,50-/m1/s1. The molecule has 4 heterocycles. The molecule has 19 heteroatoms. The van der Waals surface area contributed by atoms with E-state index < -0.39 is 96.0 Å². The van der Waals surface area contributed by atoms with Crippen molar-refractivity contribution >= 4 is 29.0 Å². The van der Waals surface area contributed by atoms with Gasteiger partial charge in [0.05, 0.1) is 47.2 Å². The van der Waals surface area contributed by atoms with Gasteiger partial charge in [0.25, 0.3) is 0 Å². The number of esters is 1. The first-order valence-corrected chi connectivity index (χ1v) is 25.2. The van der Waals surface area contributed by atoms with Crippen LogP contribution in [0.3, 0.4) is 0 Å². The Morgan fingerprint density at radius 1 is 0.986 bits per heavy atom. The lowest BCUT2D eigenvalue weighted by molar-refractivity contribution is -0.318. The number of likely N-dealkylation sites (N-methyl/N-ethyl adjacent to an activating group) is 1. The lowest BCUT2D eigenvalue weighted by atomic mass is 9.77. The third kappa shape index (κ3) is 14.0. The number of thiocarbonyl (C=S) groups is 1. The topological polar surface area (TPSA) is 222 Å². The lowest BCUT2D eigenvalue weighted by Gasteiger charge is -2.48. The van der Waals surface area contributed by atoms with Crippen LogP contribution in [-0.4, -0.2) is 187 Å². The fourth-order valence-electron chi connectivity index (χ4n) is 10.7. The number of benzene rings is 1.